The lowest BCUT2D eigenvalue weighted by Crippen LogP contribution is -2.59. The Balaban J connectivity index is 1.25. The van der Waals surface area contributed by atoms with E-state index in [1.54, 1.807) is 16.9 Å². The van der Waals surface area contributed by atoms with E-state index in [1.165, 1.54) is 0 Å². The first-order valence-corrected chi connectivity index (χ1v) is 14.1. The van der Waals surface area contributed by atoms with Gasteiger partial charge in [0.15, 0.2) is 0 Å². The first-order valence-electron chi connectivity index (χ1n) is 14.1. The van der Waals surface area contributed by atoms with Crippen LogP contribution in [0.4, 0.5) is 5.69 Å². The van der Waals surface area contributed by atoms with Crippen LogP contribution in [0.15, 0.2) is 49.1 Å². The smallest absolute Gasteiger partial charge is 0.107 e. The van der Waals surface area contributed by atoms with Gasteiger partial charge in [-0.3, -0.25) is 14.6 Å². The van der Waals surface area contributed by atoms with Crippen molar-refractivity contribution in [1.82, 2.24) is 29.3 Å². The lowest BCUT2D eigenvalue weighted by molar-refractivity contribution is -0.0504. The molecular formula is C31H35N9. The fraction of sp³-hybridized carbons (Fsp3) is 0.452. The van der Waals surface area contributed by atoms with Crippen LogP contribution in [0.5, 0.6) is 0 Å². The Labute approximate surface area is 235 Å². The number of nitriles is 2. The molecule has 40 heavy (non-hydrogen) atoms. The first-order chi connectivity index (χ1) is 19.3. The van der Waals surface area contributed by atoms with Gasteiger partial charge < -0.3 is 5.32 Å². The highest BCUT2D eigenvalue weighted by molar-refractivity contribution is 5.83. The van der Waals surface area contributed by atoms with Gasteiger partial charge in [0.25, 0.3) is 0 Å². The van der Waals surface area contributed by atoms with Crippen molar-refractivity contribution in [2.75, 3.05) is 18.4 Å². The Morgan fingerprint density at radius 1 is 1.12 bits per heavy atom. The Morgan fingerprint density at radius 3 is 2.60 bits per heavy atom. The highest BCUT2D eigenvalue weighted by atomic mass is 15.3. The molecule has 0 amide bonds. The summed E-state index contributed by atoms with van der Waals surface area (Å²) in [5.74, 6) is 0.161. The molecule has 3 unspecified atom stereocenters. The van der Waals surface area contributed by atoms with Crippen LogP contribution in [0.2, 0.25) is 0 Å². The van der Waals surface area contributed by atoms with Gasteiger partial charge in [-0.15, -0.1) is 0 Å². The molecule has 1 saturated heterocycles. The maximum Gasteiger partial charge on any atom is 0.107 e. The molecule has 0 radical (unpaired) electrons. The highest BCUT2D eigenvalue weighted by Crippen LogP contribution is 2.49. The Bertz CT molecular complexity index is 1610. The number of fused-ring (bicyclic) bond motifs is 1. The van der Waals surface area contributed by atoms with Crippen molar-refractivity contribution >= 4 is 11.2 Å². The third-order valence-corrected chi connectivity index (χ3v) is 9.25. The van der Waals surface area contributed by atoms with E-state index in [-0.39, 0.29) is 17.4 Å². The van der Waals surface area contributed by atoms with Crippen molar-refractivity contribution in [2.45, 2.75) is 65.1 Å². The largest absolute Gasteiger partial charge is 0.375 e. The molecule has 3 atom stereocenters. The molecule has 4 aromatic heterocycles. The van der Waals surface area contributed by atoms with E-state index in [1.807, 2.05) is 30.6 Å². The van der Waals surface area contributed by atoms with Crippen LogP contribution in [0.1, 0.15) is 69.1 Å². The molecule has 0 aromatic carbocycles. The molecule has 2 aliphatic rings. The van der Waals surface area contributed by atoms with Crippen molar-refractivity contribution in [3.63, 3.8) is 0 Å². The van der Waals surface area contributed by atoms with E-state index in [0.29, 0.717) is 17.6 Å². The molecule has 4 aromatic rings. The summed E-state index contributed by atoms with van der Waals surface area (Å²) in [4.78, 5) is 7.08. The van der Waals surface area contributed by atoms with Gasteiger partial charge in [0.2, 0.25) is 0 Å². The third-order valence-electron chi connectivity index (χ3n) is 9.25. The summed E-state index contributed by atoms with van der Waals surface area (Å²) in [7, 11) is 0. The van der Waals surface area contributed by atoms with Crippen LogP contribution in [-0.2, 0) is 0 Å². The number of piperidine rings is 1. The third kappa shape index (κ3) is 4.31. The lowest BCUT2D eigenvalue weighted by Gasteiger charge is -2.55. The second-order valence-electron chi connectivity index (χ2n) is 11.8. The lowest BCUT2D eigenvalue weighted by atomic mass is 9.58. The van der Waals surface area contributed by atoms with E-state index >= 15 is 0 Å². The molecule has 204 valence electrons. The maximum atomic E-state index is 9.73. The average molecular weight is 534 g/mol. The van der Waals surface area contributed by atoms with Crippen molar-refractivity contribution in [3.8, 4) is 23.3 Å². The summed E-state index contributed by atoms with van der Waals surface area (Å²) in [6.45, 7) is 10.7. The summed E-state index contributed by atoms with van der Waals surface area (Å²) in [6, 6.07) is 13.5. The average Bonchev–Trinajstić information content (AvgIpc) is 3.56. The normalized spacial score (nSPS) is 21.9. The number of hydrogen-bond donors (Lipinski definition) is 1. The van der Waals surface area contributed by atoms with Crippen LogP contribution in [-0.4, -0.2) is 48.4 Å². The molecular weight excluding hydrogens is 498 g/mol. The van der Waals surface area contributed by atoms with Crippen molar-refractivity contribution in [1.29, 1.82) is 10.5 Å². The van der Waals surface area contributed by atoms with Crippen LogP contribution >= 0.6 is 0 Å². The Morgan fingerprint density at radius 2 is 1.93 bits per heavy atom. The minimum absolute atomic E-state index is 0.0558. The molecule has 0 bridgehead atoms. The second kappa shape index (κ2) is 10.1. The van der Waals surface area contributed by atoms with Crippen LogP contribution < -0.4 is 5.32 Å². The van der Waals surface area contributed by atoms with E-state index < -0.39 is 0 Å². The molecule has 0 spiro atoms. The standard InChI is InChI=1S/C31H35N9/c1-20(27-7-5-6-10-34-27)37-28-13-22(19-39-30(28)23(15-32)17-35-39)26-18-36-40(21(26)2)25-8-11-38(12-9-25)29-14-24(16-33)31(29,3)4/h5-7,10,13,17-20,24-25,29,37H,8-9,11-12,14H2,1-4H3. The Kier molecular flexibility index (Phi) is 6.56. The number of aromatic nitrogens is 5. The molecule has 2 fully saturated rings. The Hall–Kier alpha value is -4.21. The summed E-state index contributed by atoms with van der Waals surface area (Å²) in [5.41, 5.74) is 6.28. The van der Waals surface area contributed by atoms with E-state index in [0.717, 1.165) is 66.1 Å². The summed E-state index contributed by atoms with van der Waals surface area (Å²) >= 11 is 0. The van der Waals surface area contributed by atoms with Gasteiger partial charge in [0.1, 0.15) is 11.6 Å². The second-order valence-corrected chi connectivity index (χ2v) is 11.8. The van der Waals surface area contributed by atoms with Crippen LogP contribution in [0.3, 0.4) is 0 Å². The number of nitrogens with zero attached hydrogens (tertiary/aromatic N) is 8. The zero-order chi connectivity index (χ0) is 28.0. The summed E-state index contributed by atoms with van der Waals surface area (Å²) in [6.07, 6.45) is 10.4. The monoisotopic (exact) mass is 533 g/mol. The van der Waals surface area contributed by atoms with Crippen molar-refractivity contribution < 1.29 is 0 Å². The fourth-order valence-corrected chi connectivity index (χ4v) is 6.66. The molecule has 6 rings (SSSR count). The van der Waals surface area contributed by atoms with Gasteiger partial charge in [0, 0.05) is 48.3 Å². The fourth-order valence-electron chi connectivity index (χ4n) is 6.66. The van der Waals surface area contributed by atoms with Gasteiger partial charge in [-0.05, 0) is 56.7 Å². The quantitative estimate of drug-likeness (QED) is 0.347. The van der Waals surface area contributed by atoms with E-state index in [9.17, 15) is 10.5 Å². The van der Waals surface area contributed by atoms with Crippen LogP contribution in [0.25, 0.3) is 16.6 Å². The maximum absolute atomic E-state index is 9.73. The SMILES string of the molecule is Cc1c(-c2cc(NC(C)c3ccccn3)c3c(C#N)cnn3c2)cnn1C1CCN(C2CC(C#N)C2(C)C)CC1. The molecule has 5 heterocycles. The molecule has 1 saturated carbocycles. The minimum atomic E-state index is -0.0558. The van der Waals surface area contributed by atoms with Gasteiger partial charge in [-0.25, -0.2) is 4.52 Å². The molecule has 1 aliphatic carbocycles. The van der Waals surface area contributed by atoms with Gasteiger partial charge in [-0.1, -0.05) is 19.9 Å². The van der Waals surface area contributed by atoms with Gasteiger partial charge >= 0.3 is 0 Å². The molecule has 9 nitrogen and oxygen atoms in total. The van der Waals surface area contributed by atoms with E-state index in [4.69, 9.17) is 5.10 Å². The molecule has 1 N–H and O–H groups in total. The number of anilines is 1. The number of hydrogen-bond acceptors (Lipinski definition) is 7. The zero-order valence-corrected chi connectivity index (χ0v) is 23.5. The predicted octanol–water partition coefficient (Wildman–Crippen LogP) is 5.52. The van der Waals surface area contributed by atoms with Gasteiger partial charge in [-0.2, -0.15) is 20.7 Å². The number of nitrogens with one attached hydrogen (secondary N) is 1. The molecule has 1 aliphatic heterocycles. The van der Waals surface area contributed by atoms with Crippen LogP contribution in [0, 0.1) is 40.9 Å². The summed E-state index contributed by atoms with van der Waals surface area (Å²) < 4.78 is 3.97. The minimum Gasteiger partial charge on any atom is -0.375 e. The van der Waals surface area contributed by atoms with Crippen molar-refractivity contribution in [2.24, 2.45) is 11.3 Å². The van der Waals surface area contributed by atoms with Gasteiger partial charge in [0.05, 0.1) is 53.4 Å². The zero-order valence-electron chi connectivity index (χ0n) is 23.5. The van der Waals surface area contributed by atoms with E-state index in [2.05, 4.69) is 70.9 Å². The highest BCUT2D eigenvalue weighted by Gasteiger charge is 2.51. The number of pyridine rings is 2. The first kappa shape index (κ1) is 26.0. The van der Waals surface area contributed by atoms with Crippen molar-refractivity contribution in [3.05, 3.63) is 66.0 Å². The summed E-state index contributed by atoms with van der Waals surface area (Å²) in [5, 5.41) is 32.1. The topological polar surface area (TPSA) is 111 Å². The molecule has 9 heteroatoms. The number of likely N-dealkylation sites (tertiary alicyclic amines) is 1. The predicted molar refractivity (Wildman–Crippen MR) is 153 cm³/mol. The number of rotatable bonds is 6.